The van der Waals surface area contributed by atoms with Gasteiger partial charge in [-0.05, 0) is 51.8 Å². The van der Waals surface area contributed by atoms with Gasteiger partial charge in [0.25, 0.3) is 0 Å². The molecule has 0 radical (unpaired) electrons. The molecule has 0 bridgehead atoms. The number of carbonyl (C=O) groups excluding carboxylic acids is 2. The topological polar surface area (TPSA) is 126 Å². The van der Waals surface area contributed by atoms with Crippen molar-refractivity contribution in [2.75, 3.05) is 26.4 Å². The van der Waals surface area contributed by atoms with Gasteiger partial charge in [-0.1, -0.05) is 6.07 Å². The summed E-state index contributed by atoms with van der Waals surface area (Å²) in [5, 5.41) is 5.30. The largest absolute Gasteiger partial charge is 0.475 e. The molecule has 2 amide bonds. The van der Waals surface area contributed by atoms with Crippen LogP contribution in [0.25, 0.3) is 21.7 Å². The van der Waals surface area contributed by atoms with Crippen LogP contribution < -0.4 is 15.8 Å². The SMILES string of the molecule is CC(C)(C)OC(=O)NCCCCOCCOc1nc2cc(C(N)=O)ccc2c2cnccc12. The van der Waals surface area contributed by atoms with Gasteiger partial charge < -0.3 is 25.3 Å². The van der Waals surface area contributed by atoms with Gasteiger partial charge in [-0.2, -0.15) is 0 Å². The molecule has 3 aromatic rings. The molecule has 9 heteroatoms. The highest BCUT2D eigenvalue weighted by Gasteiger charge is 2.15. The van der Waals surface area contributed by atoms with Gasteiger partial charge in [0.2, 0.25) is 11.8 Å². The molecule has 0 saturated carbocycles. The lowest BCUT2D eigenvalue weighted by molar-refractivity contribution is 0.0523. The van der Waals surface area contributed by atoms with Crippen LogP contribution >= 0.6 is 0 Å². The van der Waals surface area contributed by atoms with Gasteiger partial charge in [-0.15, -0.1) is 0 Å². The summed E-state index contributed by atoms with van der Waals surface area (Å²) in [6.45, 7) is 7.28. The van der Waals surface area contributed by atoms with Crippen molar-refractivity contribution in [2.45, 2.75) is 39.2 Å². The number of carbonyl (C=O) groups is 2. The Labute approximate surface area is 192 Å². The Hall–Kier alpha value is -3.46. The van der Waals surface area contributed by atoms with E-state index in [-0.39, 0.29) is 0 Å². The molecule has 33 heavy (non-hydrogen) atoms. The van der Waals surface area contributed by atoms with Crippen molar-refractivity contribution >= 4 is 33.7 Å². The van der Waals surface area contributed by atoms with Crippen LogP contribution in [-0.4, -0.2) is 53.9 Å². The lowest BCUT2D eigenvalue weighted by atomic mass is 10.1. The van der Waals surface area contributed by atoms with Crippen LogP contribution in [0.15, 0.2) is 36.7 Å². The first kappa shape index (κ1) is 24.2. The number of pyridine rings is 2. The van der Waals surface area contributed by atoms with Gasteiger partial charge in [-0.25, -0.2) is 9.78 Å². The van der Waals surface area contributed by atoms with Gasteiger partial charge in [0.1, 0.15) is 12.2 Å². The zero-order chi connectivity index (χ0) is 23.8. The van der Waals surface area contributed by atoms with E-state index in [1.807, 2.05) is 32.9 Å². The van der Waals surface area contributed by atoms with E-state index in [9.17, 15) is 9.59 Å². The number of unbranched alkanes of at least 4 members (excludes halogenated alkanes) is 1. The number of nitrogens with two attached hydrogens (primary N) is 1. The Morgan fingerprint density at radius 1 is 1.03 bits per heavy atom. The summed E-state index contributed by atoms with van der Waals surface area (Å²) >= 11 is 0. The summed E-state index contributed by atoms with van der Waals surface area (Å²) in [6.07, 6.45) is 4.60. The van der Waals surface area contributed by atoms with Crippen molar-refractivity contribution in [3.8, 4) is 5.88 Å². The van der Waals surface area contributed by atoms with Gasteiger partial charge in [-0.3, -0.25) is 9.78 Å². The second-order valence-corrected chi connectivity index (χ2v) is 8.53. The third-order valence-electron chi connectivity index (χ3n) is 4.70. The Morgan fingerprint density at radius 2 is 1.85 bits per heavy atom. The van der Waals surface area contributed by atoms with Crippen LogP contribution in [-0.2, 0) is 9.47 Å². The molecule has 0 fully saturated rings. The van der Waals surface area contributed by atoms with E-state index in [1.54, 1.807) is 24.5 Å². The second-order valence-electron chi connectivity index (χ2n) is 8.53. The minimum Gasteiger partial charge on any atom is -0.475 e. The quantitative estimate of drug-likeness (QED) is 0.354. The summed E-state index contributed by atoms with van der Waals surface area (Å²) in [5.74, 6) is -0.0613. The van der Waals surface area contributed by atoms with Crippen LogP contribution in [0.4, 0.5) is 4.79 Å². The molecular formula is C24H30N4O5. The third kappa shape index (κ3) is 7.01. The van der Waals surface area contributed by atoms with E-state index >= 15 is 0 Å². The lowest BCUT2D eigenvalue weighted by Crippen LogP contribution is -2.33. The Balaban J connectivity index is 1.47. The van der Waals surface area contributed by atoms with Crippen molar-refractivity contribution in [1.29, 1.82) is 0 Å². The average Bonchev–Trinajstić information content (AvgIpc) is 2.76. The summed E-state index contributed by atoms with van der Waals surface area (Å²) in [5.41, 5.74) is 5.89. The maximum atomic E-state index is 11.6. The van der Waals surface area contributed by atoms with Gasteiger partial charge in [0, 0.05) is 47.3 Å². The number of hydrogen-bond acceptors (Lipinski definition) is 7. The maximum Gasteiger partial charge on any atom is 0.407 e. The van der Waals surface area contributed by atoms with E-state index in [1.165, 1.54) is 0 Å². The molecule has 0 aliphatic heterocycles. The molecule has 3 N–H and O–H groups in total. The van der Waals surface area contributed by atoms with Crippen molar-refractivity contribution in [3.05, 3.63) is 42.2 Å². The molecule has 176 valence electrons. The highest BCUT2D eigenvalue weighted by atomic mass is 16.6. The standard InChI is InChI=1S/C24H30N4O5/c1-24(2,3)33-23(30)27-9-4-5-11-31-12-13-32-22-18-8-10-26-15-19(18)17-7-6-16(21(25)29)14-20(17)28-22/h6-8,10,14-15H,4-5,9,11-13H2,1-3H3,(H2,25,29)(H,27,30). The third-order valence-corrected chi connectivity index (χ3v) is 4.70. The number of fused-ring (bicyclic) bond motifs is 3. The maximum absolute atomic E-state index is 11.6. The lowest BCUT2D eigenvalue weighted by Gasteiger charge is -2.19. The number of nitrogens with zero attached hydrogens (tertiary/aromatic N) is 2. The number of hydrogen-bond donors (Lipinski definition) is 2. The number of benzene rings is 1. The molecule has 1 aromatic carbocycles. The fourth-order valence-electron chi connectivity index (χ4n) is 3.21. The first-order chi connectivity index (χ1) is 15.7. The molecular weight excluding hydrogens is 424 g/mol. The predicted molar refractivity (Wildman–Crippen MR) is 125 cm³/mol. The highest BCUT2D eigenvalue weighted by molar-refractivity contribution is 6.09. The molecule has 0 unspecified atom stereocenters. The van der Waals surface area contributed by atoms with E-state index < -0.39 is 17.6 Å². The van der Waals surface area contributed by atoms with Gasteiger partial charge >= 0.3 is 6.09 Å². The monoisotopic (exact) mass is 454 g/mol. The van der Waals surface area contributed by atoms with Crippen molar-refractivity contribution in [1.82, 2.24) is 15.3 Å². The number of rotatable bonds is 10. The number of amides is 2. The van der Waals surface area contributed by atoms with Crippen molar-refractivity contribution < 1.29 is 23.8 Å². The number of alkyl carbamates (subject to hydrolysis) is 1. The molecule has 2 aromatic heterocycles. The van der Waals surface area contributed by atoms with Crippen LogP contribution in [0.1, 0.15) is 44.0 Å². The van der Waals surface area contributed by atoms with Crippen molar-refractivity contribution in [3.63, 3.8) is 0 Å². The summed E-state index contributed by atoms with van der Waals surface area (Å²) < 4.78 is 16.7. The molecule has 3 rings (SSSR count). The van der Waals surface area contributed by atoms with Crippen LogP contribution in [0.5, 0.6) is 5.88 Å². The molecule has 2 heterocycles. The van der Waals surface area contributed by atoms with Crippen LogP contribution in [0, 0.1) is 0 Å². The van der Waals surface area contributed by atoms with E-state index in [4.69, 9.17) is 19.9 Å². The van der Waals surface area contributed by atoms with Gasteiger partial charge in [0.05, 0.1) is 12.1 Å². The van der Waals surface area contributed by atoms with E-state index in [0.717, 1.165) is 29.0 Å². The first-order valence-electron chi connectivity index (χ1n) is 10.9. The molecule has 0 atom stereocenters. The molecule has 0 saturated heterocycles. The van der Waals surface area contributed by atoms with Crippen molar-refractivity contribution in [2.24, 2.45) is 5.73 Å². The molecule has 0 aliphatic rings. The fourth-order valence-corrected chi connectivity index (χ4v) is 3.21. The molecule has 9 nitrogen and oxygen atoms in total. The number of nitrogens with one attached hydrogen (secondary N) is 1. The minimum atomic E-state index is -0.512. The average molecular weight is 455 g/mol. The molecule has 0 aliphatic carbocycles. The van der Waals surface area contributed by atoms with Crippen LogP contribution in [0.3, 0.4) is 0 Å². The Bertz CT molecular complexity index is 1130. The number of ether oxygens (including phenoxy) is 3. The molecule has 0 spiro atoms. The Kier molecular flexibility index (Phi) is 8.00. The predicted octanol–water partition coefficient (Wildman–Crippen LogP) is 3.58. The number of aromatic nitrogens is 2. The smallest absolute Gasteiger partial charge is 0.407 e. The summed E-state index contributed by atoms with van der Waals surface area (Å²) in [6, 6.07) is 6.99. The second kappa shape index (κ2) is 10.9. The zero-order valence-corrected chi connectivity index (χ0v) is 19.2. The number of primary amides is 1. The van der Waals surface area contributed by atoms with E-state index in [2.05, 4.69) is 15.3 Å². The zero-order valence-electron chi connectivity index (χ0n) is 19.2. The van der Waals surface area contributed by atoms with E-state index in [0.29, 0.717) is 43.3 Å². The normalized spacial score (nSPS) is 11.5. The first-order valence-corrected chi connectivity index (χ1v) is 10.9. The summed E-state index contributed by atoms with van der Waals surface area (Å²) in [7, 11) is 0. The fraction of sp³-hybridized carbons (Fsp3) is 0.417. The Morgan fingerprint density at radius 3 is 2.61 bits per heavy atom. The highest BCUT2D eigenvalue weighted by Crippen LogP contribution is 2.30. The summed E-state index contributed by atoms with van der Waals surface area (Å²) in [4.78, 5) is 31.9. The van der Waals surface area contributed by atoms with Gasteiger partial charge in [0.15, 0.2) is 0 Å². The minimum absolute atomic E-state index is 0.321. The van der Waals surface area contributed by atoms with Crippen LogP contribution in [0.2, 0.25) is 0 Å².